The average Bonchev–Trinajstić information content (AvgIpc) is 3.33. The Kier molecular flexibility index (Phi) is 5.97. The second kappa shape index (κ2) is 8.59. The van der Waals surface area contributed by atoms with Crippen LogP contribution in [0.4, 0.5) is 0 Å². The molecule has 0 aliphatic rings. The SMILES string of the molecule is CNC(=O)c1cccc(CNC(=O)c2ccc(CSc3nccn3C)o2)c1. The summed E-state index contributed by atoms with van der Waals surface area (Å²) in [5.41, 5.74) is 1.39. The van der Waals surface area contributed by atoms with Gasteiger partial charge in [-0.25, -0.2) is 4.98 Å². The third kappa shape index (κ3) is 4.79. The van der Waals surface area contributed by atoms with Crippen molar-refractivity contribution in [1.29, 1.82) is 0 Å². The van der Waals surface area contributed by atoms with Gasteiger partial charge in [-0.2, -0.15) is 0 Å². The summed E-state index contributed by atoms with van der Waals surface area (Å²) in [6.45, 7) is 0.307. The van der Waals surface area contributed by atoms with E-state index in [9.17, 15) is 9.59 Å². The van der Waals surface area contributed by atoms with Crippen LogP contribution in [0.3, 0.4) is 0 Å². The second-order valence-electron chi connectivity index (χ2n) is 5.84. The van der Waals surface area contributed by atoms with Crippen LogP contribution in [-0.2, 0) is 19.3 Å². The molecule has 140 valence electrons. The van der Waals surface area contributed by atoms with Crippen LogP contribution in [0.5, 0.6) is 0 Å². The maximum absolute atomic E-state index is 12.3. The van der Waals surface area contributed by atoms with Gasteiger partial charge in [-0.3, -0.25) is 9.59 Å². The van der Waals surface area contributed by atoms with Crippen LogP contribution in [-0.4, -0.2) is 28.4 Å². The number of hydrogen-bond donors (Lipinski definition) is 2. The van der Waals surface area contributed by atoms with Gasteiger partial charge in [0.05, 0.1) is 5.75 Å². The predicted molar refractivity (Wildman–Crippen MR) is 102 cm³/mol. The Labute approximate surface area is 161 Å². The lowest BCUT2D eigenvalue weighted by Gasteiger charge is -2.06. The minimum absolute atomic E-state index is 0.163. The molecule has 2 aromatic heterocycles. The van der Waals surface area contributed by atoms with Gasteiger partial charge in [0.15, 0.2) is 10.9 Å². The van der Waals surface area contributed by atoms with Crippen molar-refractivity contribution in [1.82, 2.24) is 20.2 Å². The zero-order chi connectivity index (χ0) is 19.2. The Morgan fingerprint density at radius 3 is 2.81 bits per heavy atom. The van der Waals surface area contributed by atoms with Crippen LogP contribution in [0.25, 0.3) is 0 Å². The van der Waals surface area contributed by atoms with E-state index in [2.05, 4.69) is 15.6 Å². The summed E-state index contributed by atoms with van der Waals surface area (Å²) in [6, 6.07) is 10.6. The fourth-order valence-corrected chi connectivity index (χ4v) is 3.27. The van der Waals surface area contributed by atoms with E-state index in [4.69, 9.17) is 4.42 Å². The van der Waals surface area contributed by atoms with Crippen molar-refractivity contribution in [3.05, 3.63) is 71.4 Å². The molecule has 2 amide bonds. The molecule has 0 unspecified atom stereocenters. The number of nitrogens with zero attached hydrogens (tertiary/aromatic N) is 2. The Bertz CT molecular complexity index is 948. The number of aromatic nitrogens is 2. The van der Waals surface area contributed by atoms with Gasteiger partial charge < -0.3 is 19.6 Å². The van der Waals surface area contributed by atoms with Gasteiger partial charge in [-0.1, -0.05) is 23.9 Å². The molecule has 0 saturated heterocycles. The first-order valence-electron chi connectivity index (χ1n) is 8.35. The summed E-state index contributed by atoms with van der Waals surface area (Å²) in [7, 11) is 3.51. The van der Waals surface area contributed by atoms with Gasteiger partial charge in [0.25, 0.3) is 11.8 Å². The molecule has 27 heavy (non-hydrogen) atoms. The zero-order valence-corrected chi connectivity index (χ0v) is 15.9. The van der Waals surface area contributed by atoms with Gasteiger partial charge in [0, 0.05) is 38.6 Å². The Balaban J connectivity index is 1.55. The van der Waals surface area contributed by atoms with Crippen LogP contribution >= 0.6 is 11.8 Å². The molecule has 0 bridgehead atoms. The maximum atomic E-state index is 12.3. The first-order chi connectivity index (χ1) is 13.1. The highest BCUT2D eigenvalue weighted by molar-refractivity contribution is 7.98. The number of thioether (sulfide) groups is 1. The zero-order valence-electron chi connectivity index (χ0n) is 15.1. The molecule has 2 N–H and O–H groups in total. The summed E-state index contributed by atoms with van der Waals surface area (Å²) in [6.07, 6.45) is 3.62. The van der Waals surface area contributed by atoms with Gasteiger partial charge in [0.1, 0.15) is 5.76 Å². The Hall–Kier alpha value is -3.00. The second-order valence-corrected chi connectivity index (χ2v) is 6.78. The molecule has 0 atom stereocenters. The number of benzene rings is 1. The lowest BCUT2D eigenvalue weighted by molar-refractivity contribution is 0.0921. The van der Waals surface area contributed by atoms with Crippen molar-refractivity contribution in [2.24, 2.45) is 7.05 Å². The van der Waals surface area contributed by atoms with E-state index in [1.54, 1.807) is 43.6 Å². The van der Waals surface area contributed by atoms with E-state index in [-0.39, 0.29) is 17.6 Å². The van der Waals surface area contributed by atoms with Gasteiger partial charge in [0.2, 0.25) is 0 Å². The smallest absolute Gasteiger partial charge is 0.287 e. The molecular formula is C19H20N4O3S. The number of nitrogens with one attached hydrogen (secondary N) is 2. The van der Waals surface area contributed by atoms with E-state index >= 15 is 0 Å². The van der Waals surface area contributed by atoms with E-state index in [0.29, 0.717) is 23.6 Å². The van der Waals surface area contributed by atoms with E-state index < -0.39 is 0 Å². The minimum Gasteiger partial charge on any atom is -0.455 e. The molecule has 0 radical (unpaired) electrons. The summed E-state index contributed by atoms with van der Waals surface area (Å²) in [5, 5.41) is 6.26. The standard InChI is InChI=1S/C19H20N4O3S/c1-20-17(24)14-5-3-4-13(10-14)11-22-18(25)16-7-6-15(26-16)12-27-19-21-8-9-23(19)2/h3-10H,11-12H2,1-2H3,(H,20,24)(H,22,25). The summed E-state index contributed by atoms with van der Waals surface area (Å²) in [4.78, 5) is 28.2. The summed E-state index contributed by atoms with van der Waals surface area (Å²) >= 11 is 1.54. The number of carbonyl (C=O) groups is 2. The van der Waals surface area contributed by atoms with E-state index in [1.165, 1.54) is 11.8 Å². The van der Waals surface area contributed by atoms with Crippen molar-refractivity contribution in [2.45, 2.75) is 17.5 Å². The van der Waals surface area contributed by atoms with Crippen LogP contribution in [0.1, 0.15) is 32.2 Å². The Morgan fingerprint density at radius 1 is 1.22 bits per heavy atom. The van der Waals surface area contributed by atoms with E-state index in [0.717, 1.165) is 10.7 Å². The molecule has 1 aromatic carbocycles. The number of furan rings is 1. The lowest BCUT2D eigenvalue weighted by atomic mass is 10.1. The first-order valence-corrected chi connectivity index (χ1v) is 9.33. The lowest BCUT2D eigenvalue weighted by Crippen LogP contribution is -2.23. The van der Waals surface area contributed by atoms with E-state index in [1.807, 2.05) is 23.9 Å². The van der Waals surface area contributed by atoms with Crippen molar-refractivity contribution >= 4 is 23.6 Å². The summed E-state index contributed by atoms with van der Waals surface area (Å²) < 4.78 is 7.54. The minimum atomic E-state index is -0.298. The molecule has 8 heteroatoms. The number of amides is 2. The summed E-state index contributed by atoms with van der Waals surface area (Å²) in [5.74, 6) is 1.09. The van der Waals surface area contributed by atoms with Crippen LogP contribution in [0.2, 0.25) is 0 Å². The normalized spacial score (nSPS) is 10.6. The number of carbonyl (C=O) groups excluding carboxylic acids is 2. The molecular weight excluding hydrogens is 364 g/mol. The molecule has 0 spiro atoms. The maximum Gasteiger partial charge on any atom is 0.287 e. The average molecular weight is 384 g/mol. The van der Waals surface area contributed by atoms with Gasteiger partial charge >= 0.3 is 0 Å². The fourth-order valence-electron chi connectivity index (χ4n) is 2.44. The number of rotatable bonds is 7. The Morgan fingerprint density at radius 2 is 2.07 bits per heavy atom. The molecule has 0 saturated carbocycles. The third-order valence-corrected chi connectivity index (χ3v) is 4.96. The molecule has 2 heterocycles. The van der Waals surface area contributed by atoms with Crippen molar-refractivity contribution in [2.75, 3.05) is 7.05 Å². The van der Waals surface area contributed by atoms with Crippen LogP contribution in [0, 0.1) is 0 Å². The molecule has 3 rings (SSSR count). The molecule has 3 aromatic rings. The van der Waals surface area contributed by atoms with Crippen LogP contribution in [0.15, 0.2) is 58.4 Å². The van der Waals surface area contributed by atoms with Crippen molar-refractivity contribution < 1.29 is 14.0 Å². The quantitative estimate of drug-likeness (QED) is 0.611. The molecule has 7 nitrogen and oxygen atoms in total. The molecule has 0 fully saturated rings. The fraction of sp³-hybridized carbons (Fsp3) is 0.211. The third-order valence-electron chi connectivity index (χ3n) is 3.88. The topological polar surface area (TPSA) is 89.2 Å². The number of hydrogen-bond acceptors (Lipinski definition) is 5. The molecule has 0 aliphatic heterocycles. The highest BCUT2D eigenvalue weighted by Gasteiger charge is 2.12. The van der Waals surface area contributed by atoms with Gasteiger partial charge in [-0.15, -0.1) is 0 Å². The molecule has 0 aliphatic carbocycles. The van der Waals surface area contributed by atoms with Crippen molar-refractivity contribution in [3.8, 4) is 0 Å². The highest BCUT2D eigenvalue weighted by Crippen LogP contribution is 2.21. The van der Waals surface area contributed by atoms with Crippen molar-refractivity contribution in [3.63, 3.8) is 0 Å². The number of aryl methyl sites for hydroxylation is 1. The van der Waals surface area contributed by atoms with Gasteiger partial charge in [-0.05, 0) is 29.8 Å². The van der Waals surface area contributed by atoms with Crippen LogP contribution < -0.4 is 10.6 Å². The number of imidazole rings is 1. The highest BCUT2D eigenvalue weighted by atomic mass is 32.2. The first kappa shape index (κ1) is 18.8. The monoisotopic (exact) mass is 384 g/mol. The predicted octanol–water partition coefficient (Wildman–Crippen LogP) is 2.60. The largest absolute Gasteiger partial charge is 0.455 e.